The fourth-order valence-corrected chi connectivity index (χ4v) is 3.71. The molecule has 0 unspecified atom stereocenters. The van der Waals surface area contributed by atoms with Gasteiger partial charge in [-0.2, -0.15) is 13.2 Å². The van der Waals surface area contributed by atoms with Crippen LogP contribution >= 0.6 is 0 Å². The summed E-state index contributed by atoms with van der Waals surface area (Å²) in [7, 11) is 0. The molecule has 2 aromatic heterocycles. The van der Waals surface area contributed by atoms with Crippen molar-refractivity contribution in [3.8, 4) is 0 Å². The van der Waals surface area contributed by atoms with Gasteiger partial charge in [0, 0.05) is 30.3 Å². The molecule has 1 aliphatic carbocycles. The molecule has 0 aliphatic heterocycles. The summed E-state index contributed by atoms with van der Waals surface area (Å²) in [5.41, 5.74) is -3.78. The highest BCUT2D eigenvalue weighted by Gasteiger charge is 2.51. The summed E-state index contributed by atoms with van der Waals surface area (Å²) < 4.78 is 68.1. The average molecular weight is 506 g/mol. The van der Waals surface area contributed by atoms with E-state index in [1.54, 1.807) is 0 Å². The summed E-state index contributed by atoms with van der Waals surface area (Å²) in [6.07, 6.45) is -1.73. The predicted molar refractivity (Wildman–Crippen MR) is 118 cm³/mol. The summed E-state index contributed by atoms with van der Waals surface area (Å²) in [5, 5.41) is 4.74. The SMILES string of the molecule is O=C(CC1(C(=O)NCc2ncc(Nc3c(F)cccc3C(F)(F)F)cc2F)CC1)c1cc[nH]c(=O)c1. The van der Waals surface area contributed by atoms with Gasteiger partial charge in [0.05, 0.1) is 40.8 Å². The van der Waals surface area contributed by atoms with Gasteiger partial charge in [-0.1, -0.05) is 6.07 Å². The van der Waals surface area contributed by atoms with Gasteiger partial charge >= 0.3 is 6.18 Å². The van der Waals surface area contributed by atoms with E-state index in [-0.39, 0.29) is 35.7 Å². The van der Waals surface area contributed by atoms with Crippen LogP contribution in [0.3, 0.4) is 0 Å². The summed E-state index contributed by atoms with van der Waals surface area (Å²) in [6.45, 7) is -0.334. The number of anilines is 2. The number of halogens is 5. The molecule has 2 heterocycles. The van der Waals surface area contributed by atoms with Gasteiger partial charge in [0.25, 0.3) is 0 Å². The lowest BCUT2D eigenvalue weighted by molar-refractivity contribution is -0.137. The van der Waals surface area contributed by atoms with E-state index in [2.05, 4.69) is 20.6 Å². The number of benzene rings is 1. The Kier molecular flexibility index (Phi) is 6.61. The van der Waals surface area contributed by atoms with Crippen molar-refractivity contribution in [3.63, 3.8) is 0 Å². The molecule has 188 valence electrons. The van der Waals surface area contributed by atoms with Crippen molar-refractivity contribution in [3.05, 3.63) is 87.6 Å². The number of amides is 1. The van der Waals surface area contributed by atoms with Crippen LogP contribution in [0, 0.1) is 17.0 Å². The number of aromatic amines is 1. The molecule has 0 radical (unpaired) electrons. The van der Waals surface area contributed by atoms with Crippen LogP contribution in [0.25, 0.3) is 0 Å². The maximum absolute atomic E-state index is 14.6. The van der Waals surface area contributed by atoms with Crippen LogP contribution in [-0.4, -0.2) is 21.7 Å². The standard InChI is InChI=1S/C24H19F5N4O3/c25-16-3-1-2-15(24(27,28)29)21(16)33-14-9-17(26)18(31-11-14)12-32-22(36)23(5-6-23)10-19(34)13-4-7-30-20(35)8-13/h1-4,7-9,11,33H,5-6,10,12H2,(H,30,35)(H,32,36). The third-order valence-electron chi connectivity index (χ3n) is 5.85. The maximum atomic E-state index is 14.6. The number of nitrogens with one attached hydrogen (secondary N) is 3. The molecule has 1 amide bonds. The van der Waals surface area contributed by atoms with Crippen molar-refractivity contribution in [2.24, 2.45) is 5.41 Å². The second-order valence-corrected chi connectivity index (χ2v) is 8.44. The number of carbonyl (C=O) groups excluding carboxylic acids is 2. The van der Waals surface area contributed by atoms with Crippen LogP contribution in [0.2, 0.25) is 0 Å². The van der Waals surface area contributed by atoms with Crippen LogP contribution < -0.4 is 16.2 Å². The van der Waals surface area contributed by atoms with Gasteiger partial charge < -0.3 is 15.6 Å². The highest BCUT2D eigenvalue weighted by atomic mass is 19.4. The third-order valence-corrected chi connectivity index (χ3v) is 5.85. The van der Waals surface area contributed by atoms with Crippen molar-refractivity contribution in [2.75, 3.05) is 5.32 Å². The fourth-order valence-electron chi connectivity index (χ4n) is 3.71. The van der Waals surface area contributed by atoms with Gasteiger partial charge in [-0.3, -0.25) is 19.4 Å². The van der Waals surface area contributed by atoms with Crippen molar-refractivity contribution in [1.82, 2.24) is 15.3 Å². The van der Waals surface area contributed by atoms with Crippen LogP contribution in [0.1, 0.15) is 40.9 Å². The molecular formula is C24H19F5N4O3. The first-order valence-electron chi connectivity index (χ1n) is 10.8. The average Bonchev–Trinajstić information content (AvgIpc) is 3.59. The van der Waals surface area contributed by atoms with E-state index in [4.69, 9.17) is 0 Å². The molecule has 3 N–H and O–H groups in total. The molecule has 1 fully saturated rings. The summed E-state index contributed by atoms with van der Waals surface area (Å²) >= 11 is 0. The molecule has 0 atom stereocenters. The Bertz CT molecular complexity index is 1380. The predicted octanol–water partition coefficient (Wildman–Crippen LogP) is 4.48. The number of hydrogen-bond acceptors (Lipinski definition) is 5. The molecule has 0 spiro atoms. The lowest BCUT2D eigenvalue weighted by Gasteiger charge is -2.16. The Labute approximate surface area is 200 Å². The third kappa shape index (κ3) is 5.42. The minimum absolute atomic E-state index is 0.120. The second-order valence-electron chi connectivity index (χ2n) is 8.44. The smallest absolute Gasteiger partial charge is 0.351 e. The van der Waals surface area contributed by atoms with E-state index < -0.39 is 45.9 Å². The Hall–Kier alpha value is -4.09. The van der Waals surface area contributed by atoms with Crippen molar-refractivity contribution >= 4 is 23.1 Å². The zero-order valence-corrected chi connectivity index (χ0v) is 18.5. The first-order valence-corrected chi connectivity index (χ1v) is 10.8. The molecule has 36 heavy (non-hydrogen) atoms. The topological polar surface area (TPSA) is 104 Å². The van der Waals surface area contributed by atoms with E-state index >= 15 is 0 Å². The van der Waals surface area contributed by atoms with Gasteiger partial charge in [0.2, 0.25) is 11.5 Å². The number of para-hydroxylation sites is 1. The molecule has 1 aliphatic rings. The zero-order chi connectivity index (χ0) is 26.1. The first kappa shape index (κ1) is 25.0. The maximum Gasteiger partial charge on any atom is 0.418 e. The van der Waals surface area contributed by atoms with Gasteiger partial charge in [-0.05, 0) is 31.0 Å². The van der Waals surface area contributed by atoms with Crippen LogP contribution in [0.15, 0.2) is 53.6 Å². The molecule has 12 heteroatoms. The Morgan fingerprint density at radius 2 is 1.83 bits per heavy atom. The number of rotatable bonds is 8. The lowest BCUT2D eigenvalue weighted by atomic mass is 9.95. The summed E-state index contributed by atoms with van der Waals surface area (Å²) in [5.74, 6) is -2.97. The van der Waals surface area contributed by atoms with Crippen LogP contribution in [0.5, 0.6) is 0 Å². The molecule has 3 aromatic rings. The van der Waals surface area contributed by atoms with Crippen molar-refractivity contribution in [1.29, 1.82) is 0 Å². The minimum Gasteiger partial charge on any atom is -0.351 e. The highest BCUT2D eigenvalue weighted by Crippen LogP contribution is 2.49. The Morgan fingerprint density at radius 3 is 2.47 bits per heavy atom. The van der Waals surface area contributed by atoms with E-state index in [0.29, 0.717) is 18.9 Å². The van der Waals surface area contributed by atoms with Gasteiger partial charge in [0.1, 0.15) is 11.6 Å². The number of carbonyl (C=O) groups is 2. The number of ketones is 1. The normalized spacial score (nSPS) is 14.2. The number of Topliss-reactive ketones (excluding diaryl/α,β-unsaturated/α-hetero) is 1. The molecular weight excluding hydrogens is 487 g/mol. The number of aromatic nitrogens is 2. The van der Waals surface area contributed by atoms with Crippen LogP contribution in [0.4, 0.5) is 33.3 Å². The number of pyridine rings is 2. The quantitative estimate of drug-likeness (QED) is 0.309. The van der Waals surface area contributed by atoms with E-state index in [9.17, 15) is 36.3 Å². The summed E-state index contributed by atoms with van der Waals surface area (Å²) in [4.78, 5) is 42.8. The largest absolute Gasteiger partial charge is 0.418 e. The Balaban J connectivity index is 1.41. The monoisotopic (exact) mass is 506 g/mol. The molecule has 1 aromatic carbocycles. The van der Waals surface area contributed by atoms with E-state index in [0.717, 1.165) is 30.5 Å². The van der Waals surface area contributed by atoms with Crippen molar-refractivity contribution in [2.45, 2.75) is 32.0 Å². The minimum atomic E-state index is -4.84. The van der Waals surface area contributed by atoms with Crippen LogP contribution in [-0.2, 0) is 17.5 Å². The fraction of sp³-hybridized carbons (Fsp3) is 0.250. The number of H-pyrrole nitrogens is 1. The van der Waals surface area contributed by atoms with Gasteiger partial charge in [-0.25, -0.2) is 8.78 Å². The highest BCUT2D eigenvalue weighted by molar-refractivity contribution is 6.00. The first-order chi connectivity index (χ1) is 17.0. The zero-order valence-electron chi connectivity index (χ0n) is 18.5. The molecule has 1 saturated carbocycles. The van der Waals surface area contributed by atoms with Gasteiger partial charge in [-0.15, -0.1) is 0 Å². The second kappa shape index (κ2) is 9.51. The van der Waals surface area contributed by atoms with Crippen molar-refractivity contribution < 1.29 is 31.5 Å². The van der Waals surface area contributed by atoms with E-state index in [1.165, 1.54) is 12.3 Å². The molecule has 7 nitrogen and oxygen atoms in total. The molecule has 0 bridgehead atoms. The number of hydrogen-bond donors (Lipinski definition) is 3. The Morgan fingerprint density at radius 1 is 1.08 bits per heavy atom. The number of nitrogens with zero attached hydrogens (tertiary/aromatic N) is 1. The number of alkyl halides is 3. The lowest BCUT2D eigenvalue weighted by Crippen LogP contribution is -2.33. The summed E-state index contributed by atoms with van der Waals surface area (Å²) in [6, 6.07) is 5.85. The van der Waals surface area contributed by atoms with E-state index in [1.807, 2.05) is 0 Å². The molecule has 0 saturated heterocycles. The molecule has 4 rings (SSSR count). The van der Waals surface area contributed by atoms with Gasteiger partial charge in [0.15, 0.2) is 5.78 Å².